The van der Waals surface area contributed by atoms with Crippen molar-refractivity contribution in [1.82, 2.24) is 4.57 Å². The fourth-order valence-electron chi connectivity index (χ4n) is 3.45. The lowest BCUT2D eigenvalue weighted by atomic mass is 9.92. The largest absolute Gasteiger partial charge is 0.493 e. The Labute approximate surface area is 173 Å². The minimum Gasteiger partial charge on any atom is -0.493 e. The zero-order valence-corrected chi connectivity index (χ0v) is 18.0. The summed E-state index contributed by atoms with van der Waals surface area (Å²) in [6, 6.07) is 9.71. The highest BCUT2D eigenvalue weighted by molar-refractivity contribution is 5.94. The van der Waals surface area contributed by atoms with E-state index in [0.29, 0.717) is 24.3 Å². The molecule has 0 radical (unpaired) electrons. The summed E-state index contributed by atoms with van der Waals surface area (Å²) in [5.74, 6) is 1.54. The first-order valence-electron chi connectivity index (χ1n) is 10.2. The Morgan fingerprint density at radius 1 is 1.14 bits per heavy atom. The monoisotopic (exact) mass is 402 g/mol. The molecular formula is C23H34N2O4. The van der Waals surface area contributed by atoms with Crippen molar-refractivity contribution < 1.29 is 19.4 Å². The van der Waals surface area contributed by atoms with E-state index in [-0.39, 0.29) is 12.4 Å². The summed E-state index contributed by atoms with van der Waals surface area (Å²) >= 11 is 0. The van der Waals surface area contributed by atoms with Crippen LogP contribution in [0.1, 0.15) is 54.4 Å². The summed E-state index contributed by atoms with van der Waals surface area (Å²) in [4.78, 5) is 12.7. The summed E-state index contributed by atoms with van der Waals surface area (Å²) < 4.78 is 12.5. The van der Waals surface area contributed by atoms with Crippen LogP contribution in [0.25, 0.3) is 0 Å². The minimum absolute atomic E-state index is 0.0319. The molecule has 0 spiro atoms. The number of aromatic nitrogens is 1. The van der Waals surface area contributed by atoms with Gasteiger partial charge in [-0.2, -0.15) is 0 Å². The van der Waals surface area contributed by atoms with Gasteiger partial charge in [-0.1, -0.05) is 13.0 Å². The van der Waals surface area contributed by atoms with Gasteiger partial charge in [-0.05, 0) is 61.9 Å². The van der Waals surface area contributed by atoms with Crippen molar-refractivity contribution in [1.29, 1.82) is 0 Å². The van der Waals surface area contributed by atoms with Gasteiger partial charge in [0.15, 0.2) is 17.3 Å². The van der Waals surface area contributed by atoms with Crippen LogP contribution in [0.3, 0.4) is 0 Å². The van der Waals surface area contributed by atoms with Crippen molar-refractivity contribution in [3.63, 3.8) is 0 Å². The van der Waals surface area contributed by atoms with E-state index in [1.807, 2.05) is 48.9 Å². The van der Waals surface area contributed by atoms with E-state index < -0.39 is 5.54 Å². The van der Waals surface area contributed by atoms with E-state index in [4.69, 9.17) is 15.2 Å². The zero-order chi connectivity index (χ0) is 21.4. The van der Waals surface area contributed by atoms with Crippen molar-refractivity contribution in [3.05, 3.63) is 47.3 Å². The van der Waals surface area contributed by atoms with Gasteiger partial charge in [-0.25, -0.2) is 0 Å². The van der Waals surface area contributed by atoms with Crippen LogP contribution in [-0.2, 0) is 19.9 Å². The molecule has 0 amide bonds. The summed E-state index contributed by atoms with van der Waals surface area (Å²) in [7, 11) is 5.15. The number of aryl methyl sites for hydroxylation is 2. The molecule has 0 fully saturated rings. The standard InChI is InChI=1S/C23H34N2O4/c1-5-23(24,16-26)14-13-18-10-11-19(25(18)2)20(27)8-6-7-17-9-12-21(28-3)22(15-17)29-4/h9-12,15,26H,5-8,13-14,16,24H2,1-4H3. The van der Waals surface area contributed by atoms with E-state index in [1.165, 1.54) is 0 Å². The number of nitrogens with two attached hydrogens (primary N) is 1. The average Bonchev–Trinajstić information content (AvgIpc) is 3.12. The number of hydrogen-bond donors (Lipinski definition) is 2. The molecular weight excluding hydrogens is 368 g/mol. The first-order valence-corrected chi connectivity index (χ1v) is 10.2. The van der Waals surface area contributed by atoms with Crippen molar-refractivity contribution >= 4 is 5.78 Å². The number of carbonyl (C=O) groups is 1. The van der Waals surface area contributed by atoms with Gasteiger partial charge in [0.05, 0.1) is 26.5 Å². The van der Waals surface area contributed by atoms with E-state index in [9.17, 15) is 9.90 Å². The predicted octanol–water partition coefficient (Wildman–Crippen LogP) is 3.28. The first kappa shape index (κ1) is 23.0. The summed E-state index contributed by atoms with van der Waals surface area (Å²) in [5, 5.41) is 9.48. The molecule has 2 rings (SSSR count). The number of nitrogens with zero attached hydrogens (tertiary/aromatic N) is 1. The molecule has 1 aromatic carbocycles. The van der Waals surface area contributed by atoms with Crippen molar-refractivity contribution in [3.8, 4) is 11.5 Å². The van der Waals surface area contributed by atoms with Crippen LogP contribution in [-0.4, -0.2) is 41.8 Å². The average molecular weight is 403 g/mol. The highest BCUT2D eigenvalue weighted by Gasteiger charge is 2.22. The normalized spacial score (nSPS) is 13.2. The molecule has 3 N–H and O–H groups in total. The number of hydrogen-bond acceptors (Lipinski definition) is 5. The molecule has 160 valence electrons. The number of Topliss-reactive ketones (excluding diaryl/α,β-unsaturated/α-hetero) is 1. The lowest BCUT2D eigenvalue weighted by Crippen LogP contribution is -2.43. The van der Waals surface area contributed by atoms with Crippen molar-refractivity contribution in [2.75, 3.05) is 20.8 Å². The lowest BCUT2D eigenvalue weighted by Gasteiger charge is -2.25. The van der Waals surface area contributed by atoms with E-state index >= 15 is 0 Å². The highest BCUT2D eigenvalue weighted by Crippen LogP contribution is 2.28. The topological polar surface area (TPSA) is 86.7 Å². The maximum Gasteiger partial charge on any atom is 0.179 e. The molecule has 0 saturated heterocycles. The number of carbonyl (C=O) groups excluding carboxylic acids is 1. The van der Waals surface area contributed by atoms with Crippen molar-refractivity contribution in [2.24, 2.45) is 12.8 Å². The number of methoxy groups -OCH3 is 2. The molecule has 0 saturated carbocycles. The fraction of sp³-hybridized carbons (Fsp3) is 0.522. The number of ketones is 1. The van der Waals surface area contributed by atoms with Crippen LogP contribution in [0, 0.1) is 0 Å². The first-order chi connectivity index (χ1) is 13.9. The molecule has 0 bridgehead atoms. The molecule has 1 unspecified atom stereocenters. The van der Waals surface area contributed by atoms with Gasteiger partial charge in [0.2, 0.25) is 0 Å². The van der Waals surface area contributed by atoms with Crippen LogP contribution in [0.2, 0.25) is 0 Å². The SMILES string of the molecule is CCC(N)(CO)CCc1ccc(C(=O)CCCc2ccc(OC)c(OC)c2)n1C. The summed E-state index contributed by atoms with van der Waals surface area (Å²) in [6.45, 7) is 1.95. The maximum absolute atomic E-state index is 12.7. The zero-order valence-electron chi connectivity index (χ0n) is 18.0. The quantitative estimate of drug-likeness (QED) is 0.532. The number of rotatable bonds is 12. The Morgan fingerprint density at radius 2 is 1.86 bits per heavy atom. The van der Waals surface area contributed by atoms with Gasteiger partial charge in [0.1, 0.15) is 0 Å². The third kappa shape index (κ3) is 5.84. The maximum atomic E-state index is 12.7. The minimum atomic E-state index is -0.562. The molecule has 0 aliphatic heterocycles. The molecule has 1 aromatic heterocycles. The fourth-order valence-corrected chi connectivity index (χ4v) is 3.45. The second-order valence-electron chi connectivity index (χ2n) is 7.61. The molecule has 6 nitrogen and oxygen atoms in total. The summed E-state index contributed by atoms with van der Waals surface area (Å²) in [6.07, 6.45) is 4.19. The Kier molecular flexibility index (Phi) is 8.29. The third-order valence-corrected chi connectivity index (χ3v) is 5.73. The van der Waals surface area contributed by atoms with Gasteiger partial charge >= 0.3 is 0 Å². The molecule has 0 aliphatic carbocycles. The molecule has 2 aromatic rings. The van der Waals surface area contributed by atoms with Gasteiger partial charge in [0, 0.05) is 24.7 Å². The Balaban J connectivity index is 1.92. The van der Waals surface area contributed by atoms with E-state index in [2.05, 4.69) is 0 Å². The van der Waals surface area contributed by atoms with Gasteiger partial charge in [-0.15, -0.1) is 0 Å². The predicted molar refractivity (Wildman–Crippen MR) is 115 cm³/mol. The molecule has 1 atom stereocenters. The third-order valence-electron chi connectivity index (χ3n) is 5.73. The van der Waals surface area contributed by atoms with E-state index in [1.54, 1.807) is 14.2 Å². The van der Waals surface area contributed by atoms with Crippen molar-refractivity contribution in [2.45, 2.75) is 51.0 Å². The van der Waals surface area contributed by atoms with Crippen LogP contribution >= 0.6 is 0 Å². The van der Waals surface area contributed by atoms with Gasteiger partial charge in [-0.3, -0.25) is 4.79 Å². The highest BCUT2D eigenvalue weighted by atomic mass is 16.5. The second kappa shape index (κ2) is 10.5. The van der Waals surface area contributed by atoms with Crippen LogP contribution in [0.4, 0.5) is 0 Å². The number of benzene rings is 1. The Hall–Kier alpha value is -2.31. The van der Waals surface area contributed by atoms with Crippen LogP contribution in [0.5, 0.6) is 11.5 Å². The Morgan fingerprint density at radius 3 is 2.48 bits per heavy atom. The lowest BCUT2D eigenvalue weighted by molar-refractivity contribution is 0.0972. The van der Waals surface area contributed by atoms with Crippen LogP contribution < -0.4 is 15.2 Å². The molecule has 6 heteroatoms. The van der Waals surface area contributed by atoms with Gasteiger partial charge in [0.25, 0.3) is 0 Å². The Bertz CT molecular complexity index is 809. The number of aliphatic hydroxyl groups is 1. The summed E-state index contributed by atoms with van der Waals surface area (Å²) in [5.41, 5.74) is 8.51. The molecule has 1 heterocycles. The number of aliphatic hydroxyl groups excluding tert-OH is 1. The van der Waals surface area contributed by atoms with E-state index in [0.717, 1.165) is 42.6 Å². The number of ether oxygens (including phenoxy) is 2. The van der Waals surface area contributed by atoms with Crippen LogP contribution in [0.15, 0.2) is 30.3 Å². The molecule has 0 aliphatic rings. The molecule has 29 heavy (non-hydrogen) atoms. The second-order valence-corrected chi connectivity index (χ2v) is 7.61. The smallest absolute Gasteiger partial charge is 0.179 e. The van der Waals surface area contributed by atoms with Gasteiger partial charge < -0.3 is 24.9 Å².